The Morgan fingerprint density at radius 1 is 1.21 bits per heavy atom. The molecule has 0 spiro atoms. The molecule has 1 atom stereocenters. The number of anilines is 1. The topological polar surface area (TPSA) is 110 Å². The van der Waals surface area contributed by atoms with Gasteiger partial charge in [-0.3, -0.25) is 4.79 Å². The second kappa shape index (κ2) is 8.61. The van der Waals surface area contributed by atoms with E-state index < -0.39 is 31.7 Å². The van der Waals surface area contributed by atoms with Gasteiger partial charge in [-0.15, -0.1) is 0 Å². The van der Waals surface area contributed by atoms with Gasteiger partial charge in [-0.25, -0.2) is 16.8 Å². The molecule has 10 heteroatoms. The third kappa shape index (κ3) is 5.29. The molecule has 2 heterocycles. The lowest BCUT2D eigenvalue weighted by atomic mass is 10.1. The molecule has 0 radical (unpaired) electrons. The van der Waals surface area contributed by atoms with Crippen LogP contribution in [0.15, 0.2) is 23.1 Å². The summed E-state index contributed by atoms with van der Waals surface area (Å²) in [4.78, 5) is 12.7. The fraction of sp³-hybridized carbons (Fsp3) is 0.632. The van der Waals surface area contributed by atoms with Crippen molar-refractivity contribution in [2.75, 3.05) is 29.9 Å². The summed E-state index contributed by atoms with van der Waals surface area (Å²) in [7, 11) is -6.88. The molecule has 162 valence electrons. The molecule has 1 aromatic rings. The van der Waals surface area contributed by atoms with E-state index in [-0.39, 0.29) is 34.6 Å². The van der Waals surface area contributed by atoms with Crippen LogP contribution in [0.25, 0.3) is 0 Å². The first kappa shape index (κ1) is 22.0. The monoisotopic (exact) mass is 444 g/mol. The molecule has 2 saturated heterocycles. The van der Waals surface area contributed by atoms with Crippen LogP contribution in [-0.2, 0) is 24.7 Å². The summed E-state index contributed by atoms with van der Waals surface area (Å²) < 4.78 is 56.5. The van der Waals surface area contributed by atoms with Gasteiger partial charge in [-0.2, -0.15) is 4.31 Å². The van der Waals surface area contributed by atoms with Gasteiger partial charge < -0.3 is 10.1 Å². The number of piperidine rings is 1. The summed E-state index contributed by atoms with van der Waals surface area (Å²) in [6.07, 6.45) is 2.75. The van der Waals surface area contributed by atoms with Crippen molar-refractivity contribution in [1.82, 2.24) is 4.31 Å². The first-order valence-corrected chi connectivity index (χ1v) is 13.2. The lowest BCUT2D eigenvalue weighted by molar-refractivity contribution is -0.119. The van der Waals surface area contributed by atoms with Crippen molar-refractivity contribution in [1.29, 1.82) is 0 Å². The molecule has 2 aliphatic rings. The SMILES string of the molecule is CC(C)Oc1ccc(S(=O)(=O)N2CCCCC2)cc1NC(=O)C1CCS(=O)(=O)C1. The minimum Gasteiger partial charge on any atom is -0.489 e. The van der Waals surface area contributed by atoms with Gasteiger partial charge in [0.05, 0.1) is 34.1 Å². The number of nitrogens with one attached hydrogen (secondary N) is 1. The van der Waals surface area contributed by atoms with Gasteiger partial charge >= 0.3 is 0 Å². The number of sulfone groups is 1. The number of carbonyl (C=O) groups is 1. The van der Waals surface area contributed by atoms with E-state index in [0.29, 0.717) is 18.8 Å². The largest absolute Gasteiger partial charge is 0.489 e. The van der Waals surface area contributed by atoms with Gasteiger partial charge in [-0.1, -0.05) is 6.42 Å². The van der Waals surface area contributed by atoms with Gasteiger partial charge in [0.25, 0.3) is 0 Å². The summed E-state index contributed by atoms with van der Waals surface area (Å²) in [5, 5.41) is 2.70. The van der Waals surface area contributed by atoms with Crippen LogP contribution in [-0.4, -0.2) is 57.7 Å². The Labute approximate surface area is 172 Å². The molecule has 0 aromatic heterocycles. The smallest absolute Gasteiger partial charge is 0.243 e. The number of amides is 1. The molecule has 2 aliphatic heterocycles. The molecule has 0 saturated carbocycles. The van der Waals surface area contributed by atoms with Gasteiger partial charge in [0.15, 0.2) is 9.84 Å². The Kier molecular flexibility index (Phi) is 6.54. The van der Waals surface area contributed by atoms with Crippen LogP contribution in [0.5, 0.6) is 5.75 Å². The van der Waals surface area contributed by atoms with Crippen molar-refractivity contribution in [2.24, 2.45) is 5.92 Å². The van der Waals surface area contributed by atoms with E-state index in [2.05, 4.69) is 5.32 Å². The summed E-state index contributed by atoms with van der Waals surface area (Å²) in [5.74, 6) is -0.928. The number of rotatable bonds is 6. The van der Waals surface area contributed by atoms with E-state index in [0.717, 1.165) is 19.3 Å². The highest BCUT2D eigenvalue weighted by atomic mass is 32.2. The predicted octanol–water partition coefficient (Wildman–Crippen LogP) is 2.02. The molecule has 3 rings (SSSR count). The van der Waals surface area contributed by atoms with Gasteiger partial charge in [-0.05, 0) is 51.3 Å². The van der Waals surface area contributed by atoms with E-state index in [1.165, 1.54) is 22.5 Å². The minimum absolute atomic E-state index is 0.0101. The van der Waals surface area contributed by atoms with Crippen molar-refractivity contribution in [3.8, 4) is 5.75 Å². The van der Waals surface area contributed by atoms with Crippen LogP contribution in [0, 0.1) is 5.92 Å². The van der Waals surface area contributed by atoms with Crippen LogP contribution in [0.2, 0.25) is 0 Å². The maximum Gasteiger partial charge on any atom is 0.243 e. The number of hydrogen-bond acceptors (Lipinski definition) is 6. The Hall–Kier alpha value is -1.65. The first-order chi connectivity index (χ1) is 13.6. The van der Waals surface area contributed by atoms with Crippen molar-refractivity contribution in [3.05, 3.63) is 18.2 Å². The summed E-state index contributed by atoms with van der Waals surface area (Å²) in [5.41, 5.74) is 0.242. The average molecular weight is 445 g/mol. The Morgan fingerprint density at radius 2 is 1.90 bits per heavy atom. The highest BCUT2D eigenvalue weighted by Gasteiger charge is 2.34. The number of hydrogen-bond donors (Lipinski definition) is 1. The molecule has 1 N–H and O–H groups in total. The average Bonchev–Trinajstić information content (AvgIpc) is 3.03. The van der Waals surface area contributed by atoms with Crippen LogP contribution in [0.3, 0.4) is 0 Å². The Bertz CT molecular complexity index is 966. The molecule has 1 unspecified atom stereocenters. The van der Waals surface area contributed by atoms with Crippen molar-refractivity contribution >= 4 is 31.5 Å². The Morgan fingerprint density at radius 3 is 2.48 bits per heavy atom. The van der Waals surface area contributed by atoms with Gasteiger partial charge in [0.1, 0.15) is 5.75 Å². The zero-order valence-electron chi connectivity index (χ0n) is 16.8. The van der Waals surface area contributed by atoms with Crippen molar-refractivity contribution < 1.29 is 26.4 Å². The minimum atomic E-state index is -3.67. The van der Waals surface area contributed by atoms with E-state index in [9.17, 15) is 21.6 Å². The molecule has 0 bridgehead atoms. The zero-order chi connectivity index (χ0) is 21.2. The standard InChI is InChI=1S/C19H28N2O6S2/c1-14(2)27-18-7-6-16(29(25,26)21-9-4-3-5-10-21)12-17(18)20-19(22)15-8-11-28(23,24)13-15/h6-7,12,14-15H,3-5,8-11,13H2,1-2H3,(H,20,22). The normalized spacial score (nSPS) is 22.5. The van der Waals surface area contributed by atoms with Crippen LogP contribution in [0.1, 0.15) is 39.5 Å². The van der Waals surface area contributed by atoms with E-state index >= 15 is 0 Å². The van der Waals surface area contributed by atoms with Crippen molar-refractivity contribution in [2.45, 2.75) is 50.5 Å². The van der Waals surface area contributed by atoms with E-state index in [4.69, 9.17) is 4.74 Å². The molecule has 1 amide bonds. The number of carbonyl (C=O) groups excluding carboxylic acids is 1. The lowest BCUT2D eigenvalue weighted by Crippen LogP contribution is -2.35. The second-order valence-electron chi connectivity index (χ2n) is 7.88. The lowest BCUT2D eigenvalue weighted by Gasteiger charge is -2.26. The summed E-state index contributed by atoms with van der Waals surface area (Å²) in [6, 6.07) is 4.43. The fourth-order valence-electron chi connectivity index (χ4n) is 3.61. The van der Waals surface area contributed by atoms with Crippen LogP contribution in [0.4, 0.5) is 5.69 Å². The van der Waals surface area contributed by atoms with E-state index in [1.807, 2.05) is 13.8 Å². The number of ether oxygens (including phenoxy) is 1. The van der Waals surface area contributed by atoms with Gasteiger partial charge in [0, 0.05) is 13.1 Å². The highest BCUT2D eigenvalue weighted by Crippen LogP contribution is 2.32. The second-order valence-corrected chi connectivity index (χ2v) is 12.0. The molecule has 8 nitrogen and oxygen atoms in total. The van der Waals surface area contributed by atoms with Crippen molar-refractivity contribution in [3.63, 3.8) is 0 Å². The summed E-state index contributed by atoms with van der Waals surface area (Å²) >= 11 is 0. The first-order valence-electron chi connectivity index (χ1n) is 9.91. The van der Waals surface area contributed by atoms with Crippen LogP contribution < -0.4 is 10.1 Å². The molecular formula is C19H28N2O6S2. The van der Waals surface area contributed by atoms with Gasteiger partial charge in [0.2, 0.25) is 15.9 Å². The number of sulfonamides is 1. The number of nitrogens with zero attached hydrogens (tertiary/aromatic N) is 1. The quantitative estimate of drug-likeness (QED) is 0.719. The predicted molar refractivity (Wildman–Crippen MR) is 110 cm³/mol. The molecule has 1 aromatic carbocycles. The van der Waals surface area contributed by atoms with E-state index in [1.54, 1.807) is 0 Å². The fourth-order valence-corrected chi connectivity index (χ4v) is 6.90. The zero-order valence-corrected chi connectivity index (χ0v) is 18.4. The molecule has 2 fully saturated rings. The summed E-state index contributed by atoms with van der Waals surface area (Å²) in [6.45, 7) is 4.61. The third-order valence-electron chi connectivity index (χ3n) is 5.13. The maximum atomic E-state index is 13.0. The molecular weight excluding hydrogens is 416 g/mol. The maximum absolute atomic E-state index is 13.0. The molecule has 29 heavy (non-hydrogen) atoms. The third-order valence-corrected chi connectivity index (χ3v) is 8.79. The highest BCUT2D eigenvalue weighted by molar-refractivity contribution is 7.91. The van der Waals surface area contributed by atoms with Crippen LogP contribution >= 0.6 is 0 Å². The molecule has 0 aliphatic carbocycles. The number of benzene rings is 1. The Balaban J connectivity index is 1.88.